The molecule has 0 bridgehead atoms. The van der Waals surface area contributed by atoms with Crippen molar-refractivity contribution in [1.82, 2.24) is 15.2 Å². The second kappa shape index (κ2) is 9.93. The number of hydrogen-bond donors (Lipinski definition) is 4. The highest BCUT2D eigenvalue weighted by Crippen LogP contribution is 2.62. The van der Waals surface area contributed by atoms with Gasteiger partial charge in [-0.05, 0) is 56.8 Å². The predicted molar refractivity (Wildman–Crippen MR) is 136 cm³/mol. The summed E-state index contributed by atoms with van der Waals surface area (Å²) in [5.74, 6) is 0.0227. The summed E-state index contributed by atoms with van der Waals surface area (Å²) in [5, 5.41) is 28.6. The molecule has 0 radical (unpaired) electrons. The zero-order chi connectivity index (χ0) is 24.5. The molecule has 4 rings (SSSR count). The van der Waals surface area contributed by atoms with E-state index in [-0.39, 0.29) is 29.8 Å². The Morgan fingerprint density at radius 2 is 2.00 bits per heavy atom. The number of aliphatic hydroxyl groups is 2. The number of aromatic nitrogens is 1. The average molecular weight is 487 g/mol. The van der Waals surface area contributed by atoms with Crippen molar-refractivity contribution in [2.45, 2.75) is 51.6 Å². The molecule has 7 nitrogen and oxygen atoms in total. The Labute approximate surface area is 206 Å². The number of hydrogen-bond acceptors (Lipinski definition) is 7. The number of carbonyl (C=O) groups excluding carboxylic acids is 1. The van der Waals surface area contributed by atoms with Crippen molar-refractivity contribution in [3.05, 3.63) is 40.9 Å². The van der Waals surface area contributed by atoms with Crippen LogP contribution >= 0.6 is 11.3 Å². The minimum Gasteiger partial charge on any atom is -0.396 e. The molecule has 0 spiro atoms. The molecule has 0 aliphatic heterocycles. The largest absolute Gasteiger partial charge is 0.396 e. The molecule has 5 atom stereocenters. The molecule has 8 heteroatoms. The maximum Gasteiger partial charge on any atom is 0.220 e. The molecule has 1 aromatic carbocycles. The van der Waals surface area contributed by atoms with E-state index in [2.05, 4.69) is 17.6 Å². The maximum atomic E-state index is 13.0. The van der Waals surface area contributed by atoms with E-state index in [0.29, 0.717) is 19.4 Å². The van der Waals surface area contributed by atoms with Gasteiger partial charge in [-0.1, -0.05) is 32.0 Å². The first-order valence-electron chi connectivity index (χ1n) is 12.2. The molecule has 34 heavy (non-hydrogen) atoms. The highest BCUT2D eigenvalue weighted by Gasteiger charge is 2.59. The Morgan fingerprint density at radius 3 is 2.68 bits per heavy atom. The quantitative estimate of drug-likeness (QED) is 0.457. The van der Waals surface area contributed by atoms with E-state index in [1.54, 1.807) is 11.3 Å². The lowest BCUT2D eigenvalue weighted by molar-refractivity contribution is -0.144. The van der Waals surface area contributed by atoms with Gasteiger partial charge in [0.25, 0.3) is 0 Å². The van der Waals surface area contributed by atoms with Crippen molar-refractivity contribution >= 4 is 28.1 Å². The Bertz CT molecular complexity index is 997. The van der Waals surface area contributed by atoms with E-state index in [9.17, 15) is 15.0 Å². The van der Waals surface area contributed by atoms with Crippen LogP contribution in [0.25, 0.3) is 0 Å². The standard InChI is InChI=1S/C26H38N4O3S/c1-25-11-10-21(32)26(2,16-31)20(25)15-19-23(18(25)14-22(33)27-12-13-30(3)4)29-24(34-19)28-17-8-6-5-7-9-17/h5-9,18,20-21,31-32H,10-16H2,1-4H3,(H,27,33)(H,28,29). The smallest absolute Gasteiger partial charge is 0.220 e. The van der Waals surface area contributed by atoms with E-state index in [1.165, 1.54) is 0 Å². The molecule has 186 valence electrons. The number of anilines is 2. The van der Waals surface area contributed by atoms with Gasteiger partial charge in [0.05, 0.1) is 18.4 Å². The summed E-state index contributed by atoms with van der Waals surface area (Å²) < 4.78 is 0. The third kappa shape index (κ3) is 4.73. The van der Waals surface area contributed by atoms with Crippen LogP contribution in [-0.4, -0.2) is 65.9 Å². The number of nitrogens with zero attached hydrogens (tertiary/aromatic N) is 2. The van der Waals surface area contributed by atoms with Crippen molar-refractivity contribution < 1.29 is 15.0 Å². The molecule has 0 saturated heterocycles. The zero-order valence-corrected chi connectivity index (χ0v) is 21.5. The molecule has 1 heterocycles. The highest BCUT2D eigenvalue weighted by atomic mass is 32.1. The fourth-order valence-electron chi connectivity index (χ4n) is 6.02. The van der Waals surface area contributed by atoms with Gasteiger partial charge < -0.3 is 25.7 Å². The number of aliphatic hydroxyl groups excluding tert-OH is 2. The first kappa shape index (κ1) is 25.1. The number of para-hydroxylation sites is 1. The van der Waals surface area contributed by atoms with Gasteiger partial charge in [-0.25, -0.2) is 4.98 Å². The van der Waals surface area contributed by atoms with Gasteiger partial charge in [0, 0.05) is 41.4 Å². The summed E-state index contributed by atoms with van der Waals surface area (Å²) in [6, 6.07) is 9.98. The van der Waals surface area contributed by atoms with E-state index in [0.717, 1.165) is 40.8 Å². The van der Waals surface area contributed by atoms with Gasteiger partial charge in [-0.2, -0.15) is 0 Å². The summed E-state index contributed by atoms with van der Waals surface area (Å²) in [4.78, 5) is 21.3. The fourth-order valence-corrected chi connectivity index (χ4v) is 7.11. The summed E-state index contributed by atoms with van der Waals surface area (Å²) in [7, 11) is 3.98. The van der Waals surface area contributed by atoms with Crippen LogP contribution in [0.1, 0.15) is 49.6 Å². The molecule has 4 N–H and O–H groups in total. The molecule has 2 aliphatic rings. The summed E-state index contributed by atoms with van der Waals surface area (Å²) in [6.45, 7) is 5.57. The maximum absolute atomic E-state index is 13.0. The highest BCUT2D eigenvalue weighted by molar-refractivity contribution is 7.15. The number of amides is 1. The lowest BCUT2D eigenvalue weighted by Crippen LogP contribution is -2.57. The molecule has 5 unspecified atom stereocenters. The Balaban J connectivity index is 1.67. The lowest BCUT2D eigenvalue weighted by Gasteiger charge is -2.58. The molecular weight excluding hydrogens is 448 g/mol. The SMILES string of the molecule is CN(C)CCNC(=O)CC1c2nc(Nc3ccccc3)sc2CC2C(C)(CO)C(O)CCC12C. The summed E-state index contributed by atoms with van der Waals surface area (Å²) in [6.07, 6.45) is 1.99. The molecule has 1 amide bonds. The van der Waals surface area contributed by atoms with Gasteiger partial charge >= 0.3 is 0 Å². The van der Waals surface area contributed by atoms with E-state index in [4.69, 9.17) is 4.98 Å². The van der Waals surface area contributed by atoms with Crippen LogP contribution in [0.15, 0.2) is 30.3 Å². The third-order valence-electron chi connectivity index (χ3n) is 8.19. The topological polar surface area (TPSA) is 97.7 Å². The minimum absolute atomic E-state index is 0.0297. The second-order valence-electron chi connectivity index (χ2n) is 10.7. The summed E-state index contributed by atoms with van der Waals surface area (Å²) in [5.41, 5.74) is 1.13. The number of rotatable bonds is 8. The molecule has 1 fully saturated rings. The Morgan fingerprint density at radius 1 is 1.26 bits per heavy atom. The van der Waals surface area contributed by atoms with Gasteiger partial charge in [-0.3, -0.25) is 4.79 Å². The molecule has 2 aromatic rings. The molecular formula is C26H38N4O3S. The third-order valence-corrected chi connectivity index (χ3v) is 9.20. The number of fused-ring (bicyclic) bond motifs is 2. The normalized spacial score (nSPS) is 30.5. The van der Waals surface area contributed by atoms with Crippen LogP contribution in [0.4, 0.5) is 10.8 Å². The van der Waals surface area contributed by atoms with Crippen LogP contribution in [0, 0.1) is 16.7 Å². The van der Waals surface area contributed by atoms with Crippen LogP contribution in [0.2, 0.25) is 0 Å². The van der Waals surface area contributed by atoms with Crippen molar-refractivity contribution in [1.29, 1.82) is 0 Å². The van der Waals surface area contributed by atoms with Crippen LogP contribution in [0.5, 0.6) is 0 Å². The van der Waals surface area contributed by atoms with Gasteiger partial charge in [0.2, 0.25) is 5.91 Å². The van der Waals surface area contributed by atoms with Crippen molar-refractivity contribution in [3.8, 4) is 0 Å². The number of thiazole rings is 1. The number of carbonyl (C=O) groups is 1. The van der Waals surface area contributed by atoms with Gasteiger partial charge in [0.15, 0.2) is 5.13 Å². The van der Waals surface area contributed by atoms with Gasteiger partial charge in [-0.15, -0.1) is 11.3 Å². The van der Waals surface area contributed by atoms with Crippen molar-refractivity contribution in [2.24, 2.45) is 16.7 Å². The molecule has 2 aliphatic carbocycles. The van der Waals surface area contributed by atoms with Gasteiger partial charge in [0.1, 0.15) is 0 Å². The monoisotopic (exact) mass is 486 g/mol. The Kier molecular flexibility index (Phi) is 7.33. The first-order chi connectivity index (χ1) is 16.2. The molecule has 1 saturated carbocycles. The van der Waals surface area contributed by atoms with E-state index in [1.807, 2.05) is 56.3 Å². The van der Waals surface area contributed by atoms with Crippen LogP contribution in [0.3, 0.4) is 0 Å². The average Bonchev–Trinajstić information content (AvgIpc) is 3.20. The Hall–Kier alpha value is -2.00. The summed E-state index contributed by atoms with van der Waals surface area (Å²) >= 11 is 1.63. The fraction of sp³-hybridized carbons (Fsp3) is 0.615. The lowest BCUT2D eigenvalue weighted by atomic mass is 9.47. The first-order valence-corrected chi connectivity index (χ1v) is 13.0. The minimum atomic E-state index is -0.610. The van der Waals surface area contributed by atoms with Crippen molar-refractivity contribution in [2.75, 3.05) is 39.1 Å². The number of nitrogens with one attached hydrogen (secondary N) is 2. The van der Waals surface area contributed by atoms with Crippen molar-refractivity contribution in [3.63, 3.8) is 0 Å². The van der Waals surface area contributed by atoms with E-state index < -0.39 is 11.5 Å². The second-order valence-corrected chi connectivity index (χ2v) is 11.8. The molecule has 1 aromatic heterocycles. The number of likely N-dealkylation sites (N-methyl/N-ethyl adjacent to an activating group) is 1. The van der Waals surface area contributed by atoms with E-state index >= 15 is 0 Å². The van der Waals surface area contributed by atoms with Crippen LogP contribution < -0.4 is 10.6 Å². The van der Waals surface area contributed by atoms with Crippen LogP contribution in [-0.2, 0) is 11.2 Å². The zero-order valence-electron chi connectivity index (χ0n) is 20.7. The predicted octanol–water partition coefficient (Wildman–Crippen LogP) is 3.37. The number of benzene rings is 1.